The molecule has 5 rings (SSSR count). The van der Waals surface area contributed by atoms with E-state index in [4.69, 9.17) is 4.52 Å². The Balaban J connectivity index is 1.41. The predicted octanol–water partition coefficient (Wildman–Crippen LogP) is 5.04. The molecule has 0 aliphatic heterocycles. The van der Waals surface area contributed by atoms with Crippen molar-refractivity contribution in [2.45, 2.75) is 96.7 Å². The second-order valence-corrected chi connectivity index (χ2v) is 11.4. The van der Waals surface area contributed by atoms with E-state index in [1.54, 1.807) is 0 Å². The predicted molar refractivity (Wildman–Crippen MR) is 108 cm³/mol. The van der Waals surface area contributed by atoms with Crippen LogP contribution in [0.25, 0.3) is 0 Å². The number of aromatic nitrogens is 1. The molecule has 2 N–H and O–H groups in total. The molecule has 1 heterocycles. The third-order valence-electron chi connectivity index (χ3n) is 10.0. The highest BCUT2D eigenvalue weighted by Crippen LogP contribution is 2.69. The first-order valence-electron chi connectivity index (χ1n) is 11.6. The lowest BCUT2D eigenvalue weighted by molar-refractivity contribution is -0.143. The first kappa shape index (κ1) is 19.1. The lowest BCUT2D eigenvalue weighted by Gasteiger charge is -2.61. The van der Waals surface area contributed by atoms with Crippen molar-refractivity contribution in [2.75, 3.05) is 0 Å². The van der Waals surface area contributed by atoms with E-state index in [9.17, 15) is 10.2 Å². The van der Waals surface area contributed by atoms with Crippen molar-refractivity contribution in [3.8, 4) is 0 Å². The van der Waals surface area contributed by atoms with Gasteiger partial charge in [0.1, 0.15) is 6.61 Å². The average molecular weight is 388 g/mol. The van der Waals surface area contributed by atoms with E-state index in [1.165, 1.54) is 44.9 Å². The van der Waals surface area contributed by atoms with E-state index in [-0.39, 0.29) is 6.61 Å². The molecule has 0 aromatic carbocycles. The Morgan fingerprint density at radius 3 is 2.54 bits per heavy atom. The Morgan fingerprint density at radius 2 is 1.79 bits per heavy atom. The molecule has 4 aliphatic carbocycles. The molecule has 28 heavy (non-hydrogen) atoms. The van der Waals surface area contributed by atoms with Crippen molar-refractivity contribution < 1.29 is 14.7 Å². The molecule has 0 radical (unpaired) electrons. The zero-order chi connectivity index (χ0) is 19.7. The number of hydrogen-bond donors (Lipinski definition) is 2. The smallest absolute Gasteiger partial charge is 0.162 e. The van der Waals surface area contributed by atoms with Gasteiger partial charge in [-0.1, -0.05) is 19.0 Å². The van der Waals surface area contributed by atoms with Crippen LogP contribution in [0, 0.1) is 34.5 Å². The molecule has 1 aromatic rings. The first-order valence-corrected chi connectivity index (χ1v) is 11.6. The number of rotatable bonds is 2. The maximum Gasteiger partial charge on any atom is 0.162 e. The van der Waals surface area contributed by atoms with Crippen molar-refractivity contribution in [2.24, 2.45) is 34.5 Å². The summed E-state index contributed by atoms with van der Waals surface area (Å²) in [5.41, 5.74) is 1.35. The maximum absolute atomic E-state index is 10.7. The molecule has 0 bridgehead atoms. The molecular weight excluding hydrogens is 350 g/mol. The highest BCUT2D eigenvalue weighted by atomic mass is 16.5. The van der Waals surface area contributed by atoms with Crippen LogP contribution < -0.4 is 0 Å². The second-order valence-electron chi connectivity index (χ2n) is 11.4. The van der Waals surface area contributed by atoms with Crippen LogP contribution in [0.1, 0.15) is 95.9 Å². The molecule has 4 saturated carbocycles. The summed E-state index contributed by atoms with van der Waals surface area (Å²) in [6, 6.07) is 1.99. The van der Waals surface area contributed by atoms with Gasteiger partial charge < -0.3 is 14.7 Å². The van der Waals surface area contributed by atoms with E-state index in [2.05, 4.69) is 25.9 Å². The summed E-state index contributed by atoms with van der Waals surface area (Å²) >= 11 is 0. The van der Waals surface area contributed by atoms with Crippen LogP contribution in [0.2, 0.25) is 0 Å². The highest BCUT2D eigenvalue weighted by Gasteiger charge is 2.61. The zero-order valence-electron chi connectivity index (χ0n) is 17.8. The van der Waals surface area contributed by atoms with Gasteiger partial charge in [-0.25, -0.2) is 0 Å². The minimum absolute atomic E-state index is 0.0614. The molecular formula is C24H37NO3. The summed E-state index contributed by atoms with van der Waals surface area (Å²) in [6.07, 6.45) is 10.9. The fraction of sp³-hybridized carbons (Fsp3) is 0.875. The molecule has 1 aromatic heterocycles. The molecule has 4 heteroatoms. The maximum atomic E-state index is 10.7. The fourth-order valence-corrected chi connectivity index (χ4v) is 8.48. The summed E-state index contributed by atoms with van der Waals surface area (Å²) in [4.78, 5) is 0. The first-order chi connectivity index (χ1) is 13.3. The van der Waals surface area contributed by atoms with Gasteiger partial charge in [-0.2, -0.15) is 0 Å². The minimum atomic E-state index is -0.448. The quantitative estimate of drug-likeness (QED) is 0.746. The summed E-state index contributed by atoms with van der Waals surface area (Å²) in [5.74, 6) is 4.20. The summed E-state index contributed by atoms with van der Waals surface area (Å²) in [5, 5.41) is 24.4. The number of nitrogens with zero attached hydrogens (tertiary/aromatic N) is 1. The monoisotopic (exact) mass is 387 g/mol. The number of fused-ring (bicyclic) bond motifs is 5. The topological polar surface area (TPSA) is 66.5 Å². The Kier molecular flexibility index (Phi) is 4.31. The fourth-order valence-electron chi connectivity index (χ4n) is 8.48. The van der Waals surface area contributed by atoms with E-state index in [1.807, 2.05) is 6.07 Å². The van der Waals surface area contributed by atoms with Crippen LogP contribution in [0.5, 0.6) is 0 Å². The van der Waals surface area contributed by atoms with Gasteiger partial charge in [0.2, 0.25) is 0 Å². The Labute approximate surface area is 169 Å². The second kappa shape index (κ2) is 6.31. The summed E-state index contributed by atoms with van der Waals surface area (Å²) in [7, 11) is 0. The van der Waals surface area contributed by atoms with E-state index < -0.39 is 5.60 Å². The van der Waals surface area contributed by atoms with Gasteiger partial charge in [0.25, 0.3) is 0 Å². The third-order valence-corrected chi connectivity index (χ3v) is 10.0. The van der Waals surface area contributed by atoms with Crippen molar-refractivity contribution in [3.63, 3.8) is 0 Å². The molecule has 0 amide bonds. The molecule has 0 spiro atoms. The number of aliphatic hydroxyl groups is 2. The molecule has 0 saturated heterocycles. The van der Waals surface area contributed by atoms with E-state index in [0.717, 1.165) is 36.3 Å². The average Bonchev–Trinajstić information content (AvgIpc) is 3.25. The van der Waals surface area contributed by atoms with Crippen molar-refractivity contribution in [1.82, 2.24) is 5.16 Å². The summed E-state index contributed by atoms with van der Waals surface area (Å²) < 4.78 is 5.34. The van der Waals surface area contributed by atoms with E-state index >= 15 is 0 Å². The van der Waals surface area contributed by atoms with Gasteiger partial charge in [0.15, 0.2) is 5.76 Å². The lowest BCUT2D eigenvalue weighted by Crippen LogP contribution is -2.55. The van der Waals surface area contributed by atoms with Gasteiger partial charge >= 0.3 is 0 Å². The lowest BCUT2D eigenvalue weighted by atomic mass is 9.44. The highest BCUT2D eigenvalue weighted by molar-refractivity contribution is 5.20. The molecule has 4 fully saturated rings. The Bertz CT molecular complexity index is 742. The minimum Gasteiger partial charge on any atom is -0.390 e. The number of hydrogen-bond acceptors (Lipinski definition) is 4. The Morgan fingerprint density at radius 1 is 1.00 bits per heavy atom. The van der Waals surface area contributed by atoms with Gasteiger partial charge in [0.05, 0.1) is 11.3 Å². The van der Waals surface area contributed by atoms with Gasteiger partial charge in [0, 0.05) is 12.0 Å². The molecule has 4 aliphatic rings. The van der Waals surface area contributed by atoms with Crippen molar-refractivity contribution in [3.05, 3.63) is 17.5 Å². The van der Waals surface area contributed by atoms with Gasteiger partial charge in [-0.3, -0.25) is 0 Å². The van der Waals surface area contributed by atoms with Crippen LogP contribution in [0.15, 0.2) is 10.6 Å². The number of aliphatic hydroxyl groups excluding tert-OH is 1. The van der Waals surface area contributed by atoms with Crippen LogP contribution in [-0.2, 0) is 6.61 Å². The van der Waals surface area contributed by atoms with Crippen molar-refractivity contribution in [1.29, 1.82) is 0 Å². The van der Waals surface area contributed by atoms with Crippen molar-refractivity contribution >= 4 is 0 Å². The van der Waals surface area contributed by atoms with Gasteiger partial charge in [-0.05, 0) is 99.2 Å². The molecule has 156 valence electrons. The standard InChI is InChI=1S/C24H37NO3/c1-22(27)10-11-23(2)15(13-22)4-5-17-18-6-7-20(21-12-16(14-26)28-25-21)24(18,3)9-8-19(17)23/h12,15,17-20,26-27H,4-11,13-14H2,1-3H3/t15-,17?,18?,19?,20?,22+,23-,24-/m0/s1. The zero-order valence-corrected chi connectivity index (χ0v) is 17.8. The third kappa shape index (κ3) is 2.66. The van der Waals surface area contributed by atoms with E-state index in [0.29, 0.717) is 28.4 Å². The molecule has 4 unspecified atom stereocenters. The van der Waals surface area contributed by atoms with Crippen LogP contribution in [0.4, 0.5) is 0 Å². The van der Waals surface area contributed by atoms with Crippen LogP contribution in [0.3, 0.4) is 0 Å². The molecule has 4 nitrogen and oxygen atoms in total. The normalized spacial score (nSPS) is 50.7. The SMILES string of the molecule is C[C@@]1(O)CC[C@]2(C)C3CC[C@]4(C)C(c5cc(CO)on5)CCC4C3CC[C@H]2C1. The van der Waals surface area contributed by atoms with Gasteiger partial charge in [-0.15, -0.1) is 0 Å². The Hall–Kier alpha value is -0.870. The van der Waals surface area contributed by atoms with Crippen LogP contribution in [-0.4, -0.2) is 21.0 Å². The van der Waals surface area contributed by atoms with Crippen LogP contribution >= 0.6 is 0 Å². The largest absolute Gasteiger partial charge is 0.390 e. The molecule has 8 atom stereocenters. The summed E-state index contributed by atoms with van der Waals surface area (Å²) in [6.45, 7) is 7.06.